The third-order valence-corrected chi connectivity index (χ3v) is 0.238. The van der Waals surface area contributed by atoms with E-state index in [1.54, 1.807) is 0 Å². The fourth-order valence-electron chi connectivity index (χ4n) is 0.0118. The van der Waals surface area contributed by atoms with Crippen molar-refractivity contribution < 1.29 is 15.4 Å². The molecule has 0 N–H and O–H groups in total. The van der Waals surface area contributed by atoms with Crippen LogP contribution in [0.15, 0.2) is 8.39 Å². The average Bonchev–Trinajstić information content (AvgIpc) is 1.41. The van der Waals surface area contributed by atoms with Gasteiger partial charge in [0.25, 0.3) is 0 Å². The molecule has 0 bridgehead atoms. The van der Waals surface area contributed by atoms with E-state index >= 15 is 0 Å². The minimum absolute atomic E-state index is 0. The van der Waals surface area contributed by atoms with E-state index in [4.69, 9.17) is 9.81 Å². The number of nitroso groups, excluding NO2 is 2. The number of hydrogen-bond donors (Lipinski definition) is 0. The van der Waals surface area contributed by atoms with Crippen molar-refractivity contribution in [2.75, 3.05) is 0 Å². The second-order valence-electron chi connectivity index (χ2n) is 0.200. The predicted molar refractivity (Wildman–Crippen MR) is 32.4 cm³/mol. The molecule has 4 nitrogen and oxygen atoms in total. The van der Waals surface area contributed by atoms with Crippen LogP contribution in [0.3, 0.4) is 0 Å². The maximum absolute atomic E-state index is 8.86. The first-order valence-corrected chi connectivity index (χ1v) is 1.67. The van der Waals surface area contributed by atoms with Crippen LogP contribution in [0.2, 0.25) is 0 Å². The Labute approximate surface area is 60.9 Å². The van der Waals surface area contributed by atoms with Crippen LogP contribution in [-0.4, -0.2) is 0 Å². The Hall–Kier alpha value is 0.419. The molecule has 0 aliphatic rings. The zero-order chi connectivity index (χ0) is 4.12. The van der Waals surface area contributed by atoms with Crippen LogP contribution in [0.4, 0.5) is 0 Å². The van der Waals surface area contributed by atoms with Crippen molar-refractivity contribution in [3.8, 4) is 0 Å². The van der Waals surface area contributed by atoms with Crippen LogP contribution in [0, 0.1) is 9.81 Å². The van der Waals surface area contributed by atoms with Crippen LogP contribution in [0.1, 0.15) is 0 Å². The second kappa shape index (κ2) is 16.1. The SMILES string of the molecule is O=[N][Fe][N]=O.S.S. The van der Waals surface area contributed by atoms with Crippen LogP contribution in [0.5, 0.6) is 0 Å². The van der Waals surface area contributed by atoms with E-state index in [9.17, 15) is 0 Å². The van der Waals surface area contributed by atoms with Gasteiger partial charge in [0.2, 0.25) is 0 Å². The first-order valence-electron chi connectivity index (χ1n) is 0.681. The molecule has 0 amide bonds. The van der Waals surface area contributed by atoms with Crippen molar-refractivity contribution in [2.45, 2.75) is 0 Å². The Bertz CT molecular complexity index is 43.0. The van der Waals surface area contributed by atoms with E-state index in [0.717, 1.165) is 0 Å². The molecule has 0 radical (unpaired) electrons. The van der Waals surface area contributed by atoms with Gasteiger partial charge in [0.1, 0.15) is 0 Å². The van der Waals surface area contributed by atoms with Crippen LogP contribution < -0.4 is 0 Å². The Kier molecular flexibility index (Phi) is 36.1. The summed E-state index contributed by atoms with van der Waals surface area (Å²) in [7, 11) is 0. The van der Waals surface area contributed by atoms with Gasteiger partial charge in [0.05, 0.1) is 0 Å². The fourth-order valence-corrected chi connectivity index (χ4v) is 0.0486. The maximum Gasteiger partial charge on any atom is -0.197 e. The Morgan fingerprint density at radius 3 is 1.29 bits per heavy atom. The van der Waals surface area contributed by atoms with Gasteiger partial charge < -0.3 is 0 Å². The summed E-state index contributed by atoms with van der Waals surface area (Å²) in [5.41, 5.74) is 0. The molecule has 0 atom stereocenters. The van der Waals surface area contributed by atoms with Gasteiger partial charge in [-0.3, -0.25) is 0 Å². The quantitative estimate of drug-likeness (QED) is 0.467. The first kappa shape index (κ1) is 15.7. The van der Waals surface area contributed by atoms with Gasteiger partial charge in [-0.15, -0.1) is 0 Å². The van der Waals surface area contributed by atoms with Gasteiger partial charge in [-0.25, -0.2) is 0 Å². The molecule has 7 heavy (non-hydrogen) atoms. The van der Waals surface area contributed by atoms with Gasteiger partial charge in [0.15, 0.2) is 0 Å². The summed E-state index contributed by atoms with van der Waals surface area (Å²) in [6.45, 7) is 0. The Balaban J connectivity index is -0.0000000800. The van der Waals surface area contributed by atoms with Crippen LogP contribution in [0.25, 0.3) is 0 Å². The molecule has 0 spiro atoms. The third-order valence-electron chi connectivity index (χ3n) is 0.0577. The molecule has 0 aromatic heterocycles. The van der Waals surface area contributed by atoms with E-state index < -0.39 is 15.4 Å². The molecule has 0 fully saturated rings. The summed E-state index contributed by atoms with van der Waals surface area (Å²) in [6, 6.07) is 0. The summed E-state index contributed by atoms with van der Waals surface area (Å²) >= 11 is -0.472. The van der Waals surface area contributed by atoms with Gasteiger partial charge in [-0.2, -0.15) is 27.0 Å². The molecule has 46 valence electrons. The van der Waals surface area contributed by atoms with Crippen molar-refractivity contribution in [3.05, 3.63) is 9.81 Å². The van der Waals surface area contributed by atoms with Crippen molar-refractivity contribution in [1.82, 2.24) is 0 Å². The van der Waals surface area contributed by atoms with Crippen LogP contribution in [-0.2, 0) is 15.4 Å². The normalized spacial score (nSPS) is 5.14. The smallest absolute Gasteiger partial charge is 0.197 e. The van der Waals surface area contributed by atoms with Crippen molar-refractivity contribution in [3.63, 3.8) is 0 Å². The molecule has 0 aliphatic heterocycles. The van der Waals surface area contributed by atoms with E-state index in [2.05, 4.69) is 8.39 Å². The Morgan fingerprint density at radius 1 is 1.00 bits per heavy atom. The third kappa shape index (κ3) is 21.4. The zero-order valence-electron chi connectivity index (χ0n) is 3.06. The average molecular weight is 184 g/mol. The summed E-state index contributed by atoms with van der Waals surface area (Å²) in [5.74, 6) is 0. The first-order chi connectivity index (χ1) is 2.41. The summed E-state index contributed by atoms with van der Waals surface area (Å²) in [4.78, 5) is 17.7. The van der Waals surface area contributed by atoms with Gasteiger partial charge in [-0.1, -0.05) is 0 Å². The molecule has 0 heterocycles. The number of rotatable bonds is 2. The second-order valence-corrected chi connectivity index (χ2v) is 0.824. The number of nitrogens with zero attached hydrogens (tertiary/aromatic N) is 2. The minimum atomic E-state index is -0.472. The molecule has 0 rings (SSSR count). The van der Waals surface area contributed by atoms with Crippen molar-refractivity contribution in [2.24, 2.45) is 8.39 Å². The molecule has 0 saturated heterocycles. The monoisotopic (exact) mass is 184 g/mol. The number of hydrogen-bond acceptors (Lipinski definition) is 4. The van der Waals surface area contributed by atoms with E-state index in [1.165, 1.54) is 0 Å². The predicted octanol–water partition coefficient (Wildman–Crippen LogP) is 0.657. The minimum Gasteiger partial charge on any atom is -0.197 e. The Morgan fingerprint density at radius 2 is 1.29 bits per heavy atom. The molecule has 0 aliphatic carbocycles. The van der Waals surface area contributed by atoms with Crippen molar-refractivity contribution >= 4 is 27.0 Å². The van der Waals surface area contributed by atoms with E-state index in [1.807, 2.05) is 0 Å². The van der Waals surface area contributed by atoms with Gasteiger partial charge in [-0.05, 0) is 0 Å². The molecule has 0 unspecified atom stereocenters. The maximum atomic E-state index is 8.86. The molecule has 0 aromatic rings. The van der Waals surface area contributed by atoms with E-state index in [-0.39, 0.29) is 27.0 Å². The molecule has 0 aromatic carbocycles. The summed E-state index contributed by atoms with van der Waals surface area (Å²) in [6.07, 6.45) is 0. The van der Waals surface area contributed by atoms with Crippen LogP contribution >= 0.6 is 27.0 Å². The molecule has 0 saturated carbocycles. The van der Waals surface area contributed by atoms with E-state index in [0.29, 0.717) is 0 Å². The summed E-state index contributed by atoms with van der Waals surface area (Å²) in [5, 5.41) is 0. The zero-order valence-corrected chi connectivity index (χ0v) is 6.17. The van der Waals surface area contributed by atoms with Crippen molar-refractivity contribution in [1.29, 1.82) is 0 Å². The standard InChI is InChI=1S/Fe.2NO.2H2S/c;2*1-2;;/h;;;2*1H2/q+2;2*-1;;. The molecule has 7 heteroatoms. The van der Waals surface area contributed by atoms with Gasteiger partial charge in [0, 0.05) is 0 Å². The summed E-state index contributed by atoms with van der Waals surface area (Å²) < 4.78 is 4.25. The largest absolute Gasteiger partial charge is 0.197 e. The topological polar surface area (TPSA) is 58.9 Å². The molecular formula is H4FeN2O2S2. The fraction of sp³-hybridized carbons (Fsp3) is 0. The molecular weight excluding hydrogens is 180 g/mol. The van der Waals surface area contributed by atoms with Gasteiger partial charge >= 0.3 is 33.6 Å².